The van der Waals surface area contributed by atoms with E-state index in [1.807, 2.05) is 29.0 Å². The van der Waals surface area contributed by atoms with Crippen molar-refractivity contribution in [2.45, 2.75) is 31.5 Å². The quantitative estimate of drug-likeness (QED) is 0.738. The van der Waals surface area contributed by atoms with Crippen molar-refractivity contribution >= 4 is 5.91 Å². The van der Waals surface area contributed by atoms with Crippen molar-refractivity contribution in [1.82, 2.24) is 19.6 Å². The number of carbonyl (C=O) groups excluding carboxylic acids is 1. The highest BCUT2D eigenvalue weighted by atomic mass is 19.1. The van der Waals surface area contributed by atoms with Gasteiger partial charge in [0.25, 0.3) is 0 Å². The molecular formula is C21H27FN4O3. The Bertz CT molecular complexity index is 818. The normalized spacial score (nSPS) is 21.5. The van der Waals surface area contributed by atoms with Gasteiger partial charge in [0.1, 0.15) is 30.9 Å². The molecule has 2 aliphatic rings. The molecule has 0 spiro atoms. The monoisotopic (exact) mass is 402 g/mol. The molecule has 3 heterocycles. The maximum atomic E-state index is 13.0. The number of rotatable bonds is 6. The van der Waals surface area contributed by atoms with Crippen molar-refractivity contribution in [1.29, 1.82) is 0 Å². The van der Waals surface area contributed by atoms with Crippen LogP contribution in [-0.4, -0.2) is 70.5 Å². The van der Waals surface area contributed by atoms with Gasteiger partial charge >= 0.3 is 0 Å². The van der Waals surface area contributed by atoms with Gasteiger partial charge in [-0.3, -0.25) is 14.4 Å². The van der Waals surface area contributed by atoms with Crippen LogP contribution in [0.3, 0.4) is 0 Å². The van der Waals surface area contributed by atoms with Crippen molar-refractivity contribution < 1.29 is 18.7 Å². The molecule has 0 saturated carbocycles. The fourth-order valence-electron chi connectivity index (χ4n) is 4.02. The first kappa shape index (κ1) is 19.8. The van der Waals surface area contributed by atoms with Crippen LogP contribution in [0.4, 0.5) is 4.39 Å². The highest BCUT2D eigenvalue weighted by Crippen LogP contribution is 2.22. The van der Waals surface area contributed by atoms with E-state index in [2.05, 4.69) is 10.00 Å². The summed E-state index contributed by atoms with van der Waals surface area (Å²) in [7, 11) is 1.93. The zero-order valence-corrected chi connectivity index (χ0v) is 16.7. The fraction of sp³-hybridized carbons (Fsp3) is 0.524. The average Bonchev–Trinajstić information content (AvgIpc) is 3.14. The van der Waals surface area contributed by atoms with Crippen LogP contribution in [0, 0.1) is 5.82 Å². The standard InChI is InChI=1S/C21H27FN4O3/c1-24-11-16(10-23-24)12-25-8-6-18(7-9-25)26-13-20(29-15-21(26)27)14-28-19-4-2-17(22)3-5-19/h2-5,10-11,18,20H,6-9,12-15H2,1H3. The van der Waals surface area contributed by atoms with E-state index in [4.69, 9.17) is 9.47 Å². The lowest BCUT2D eigenvalue weighted by Crippen LogP contribution is -2.55. The number of aryl methyl sites for hydroxylation is 1. The van der Waals surface area contributed by atoms with Gasteiger partial charge in [-0.05, 0) is 37.1 Å². The number of hydrogen-bond acceptors (Lipinski definition) is 5. The molecule has 2 fully saturated rings. The Balaban J connectivity index is 1.26. The first-order chi connectivity index (χ1) is 14.1. The lowest BCUT2D eigenvalue weighted by Gasteiger charge is -2.42. The minimum Gasteiger partial charge on any atom is -0.491 e. The van der Waals surface area contributed by atoms with Gasteiger partial charge in [-0.2, -0.15) is 5.10 Å². The maximum Gasteiger partial charge on any atom is 0.248 e. The summed E-state index contributed by atoms with van der Waals surface area (Å²) in [6, 6.07) is 6.17. The van der Waals surface area contributed by atoms with Gasteiger partial charge in [-0.15, -0.1) is 0 Å². The minimum absolute atomic E-state index is 0.0498. The largest absolute Gasteiger partial charge is 0.491 e. The van der Waals surface area contributed by atoms with Gasteiger partial charge in [0, 0.05) is 44.5 Å². The van der Waals surface area contributed by atoms with Crippen LogP contribution in [0.1, 0.15) is 18.4 Å². The van der Waals surface area contributed by atoms with Crippen molar-refractivity contribution in [2.24, 2.45) is 7.05 Å². The van der Waals surface area contributed by atoms with Crippen LogP contribution in [-0.2, 0) is 23.1 Å². The number of likely N-dealkylation sites (tertiary alicyclic amines) is 1. The highest BCUT2D eigenvalue weighted by molar-refractivity contribution is 5.78. The molecule has 1 aromatic heterocycles. The molecule has 0 bridgehead atoms. The van der Waals surface area contributed by atoms with E-state index in [0.29, 0.717) is 18.9 Å². The van der Waals surface area contributed by atoms with E-state index in [-0.39, 0.29) is 30.5 Å². The number of amides is 1. The second kappa shape index (κ2) is 8.92. The Kier molecular flexibility index (Phi) is 6.10. The Morgan fingerprint density at radius 2 is 2.00 bits per heavy atom. The van der Waals surface area contributed by atoms with Crippen LogP contribution in [0.15, 0.2) is 36.7 Å². The third kappa shape index (κ3) is 5.13. The first-order valence-electron chi connectivity index (χ1n) is 10.1. The van der Waals surface area contributed by atoms with E-state index in [9.17, 15) is 9.18 Å². The summed E-state index contributed by atoms with van der Waals surface area (Å²) in [4.78, 5) is 16.8. The Morgan fingerprint density at radius 1 is 1.24 bits per heavy atom. The van der Waals surface area contributed by atoms with Crippen molar-refractivity contribution in [3.8, 4) is 5.75 Å². The maximum absolute atomic E-state index is 13.0. The number of carbonyl (C=O) groups is 1. The molecule has 1 aromatic carbocycles. The van der Waals surface area contributed by atoms with Crippen LogP contribution >= 0.6 is 0 Å². The van der Waals surface area contributed by atoms with Crippen molar-refractivity contribution in [3.63, 3.8) is 0 Å². The lowest BCUT2D eigenvalue weighted by atomic mass is 10.0. The molecular weight excluding hydrogens is 375 g/mol. The number of aromatic nitrogens is 2. The second-order valence-electron chi connectivity index (χ2n) is 7.77. The molecule has 1 atom stereocenters. The third-order valence-corrected chi connectivity index (χ3v) is 5.58. The molecule has 2 saturated heterocycles. The third-order valence-electron chi connectivity index (χ3n) is 5.58. The molecule has 0 N–H and O–H groups in total. The van der Waals surface area contributed by atoms with Crippen LogP contribution < -0.4 is 4.74 Å². The summed E-state index contributed by atoms with van der Waals surface area (Å²) in [5.41, 5.74) is 1.21. The van der Waals surface area contributed by atoms with Crippen LogP contribution in [0.2, 0.25) is 0 Å². The number of nitrogens with zero attached hydrogens (tertiary/aromatic N) is 4. The summed E-state index contributed by atoms with van der Waals surface area (Å²) >= 11 is 0. The van der Waals surface area contributed by atoms with Gasteiger partial charge in [-0.1, -0.05) is 0 Å². The Hall–Kier alpha value is -2.45. The zero-order valence-electron chi connectivity index (χ0n) is 16.7. The van der Waals surface area contributed by atoms with Gasteiger partial charge < -0.3 is 14.4 Å². The van der Waals surface area contributed by atoms with Crippen LogP contribution in [0.25, 0.3) is 0 Å². The summed E-state index contributed by atoms with van der Waals surface area (Å²) in [5, 5.41) is 4.23. The summed E-state index contributed by atoms with van der Waals surface area (Å²) in [5.74, 6) is 0.355. The number of benzene rings is 1. The zero-order chi connectivity index (χ0) is 20.2. The summed E-state index contributed by atoms with van der Waals surface area (Å²) in [6.07, 6.45) is 5.69. The van der Waals surface area contributed by atoms with Crippen LogP contribution in [0.5, 0.6) is 5.75 Å². The SMILES string of the molecule is Cn1cc(CN2CCC(N3CC(COc4ccc(F)cc4)OCC3=O)CC2)cn1. The topological polar surface area (TPSA) is 59.8 Å². The molecule has 4 rings (SSSR count). The first-order valence-corrected chi connectivity index (χ1v) is 10.1. The molecule has 2 aliphatic heterocycles. The molecule has 29 heavy (non-hydrogen) atoms. The van der Waals surface area contributed by atoms with Gasteiger partial charge in [0.2, 0.25) is 5.91 Å². The smallest absolute Gasteiger partial charge is 0.248 e. The van der Waals surface area contributed by atoms with E-state index >= 15 is 0 Å². The molecule has 1 amide bonds. The Labute approximate surface area is 170 Å². The number of hydrogen-bond donors (Lipinski definition) is 0. The molecule has 1 unspecified atom stereocenters. The summed E-state index contributed by atoms with van der Waals surface area (Å²) < 4.78 is 26.2. The molecule has 8 heteroatoms. The number of morpholine rings is 1. The van der Waals surface area contributed by atoms with Gasteiger partial charge in [0.15, 0.2) is 0 Å². The molecule has 2 aromatic rings. The lowest BCUT2D eigenvalue weighted by molar-refractivity contribution is -0.155. The number of ether oxygens (including phenoxy) is 2. The van der Waals surface area contributed by atoms with E-state index in [0.717, 1.165) is 32.5 Å². The molecule has 7 nitrogen and oxygen atoms in total. The highest BCUT2D eigenvalue weighted by Gasteiger charge is 2.33. The number of piperidine rings is 1. The fourth-order valence-corrected chi connectivity index (χ4v) is 4.02. The molecule has 0 aliphatic carbocycles. The average molecular weight is 402 g/mol. The van der Waals surface area contributed by atoms with Crippen molar-refractivity contribution in [2.75, 3.05) is 32.8 Å². The summed E-state index contributed by atoms with van der Waals surface area (Å²) in [6.45, 7) is 3.78. The second-order valence-corrected chi connectivity index (χ2v) is 7.77. The number of halogens is 1. The molecule has 156 valence electrons. The van der Waals surface area contributed by atoms with Crippen molar-refractivity contribution in [3.05, 3.63) is 48.0 Å². The predicted molar refractivity (Wildman–Crippen MR) is 105 cm³/mol. The van der Waals surface area contributed by atoms with E-state index in [1.54, 1.807) is 12.1 Å². The minimum atomic E-state index is -0.294. The Morgan fingerprint density at radius 3 is 2.69 bits per heavy atom. The van der Waals surface area contributed by atoms with E-state index in [1.165, 1.54) is 17.7 Å². The van der Waals surface area contributed by atoms with E-state index < -0.39 is 0 Å². The molecule has 0 radical (unpaired) electrons. The van der Waals surface area contributed by atoms with Gasteiger partial charge in [-0.25, -0.2) is 4.39 Å². The van der Waals surface area contributed by atoms with Gasteiger partial charge in [0.05, 0.1) is 12.7 Å². The predicted octanol–water partition coefficient (Wildman–Crippen LogP) is 1.83.